The van der Waals surface area contributed by atoms with Gasteiger partial charge in [0.2, 0.25) is 0 Å². The Kier molecular flexibility index (Phi) is 3.58. The third-order valence-electron chi connectivity index (χ3n) is 4.70. The van der Waals surface area contributed by atoms with E-state index in [0.717, 1.165) is 40.8 Å². The summed E-state index contributed by atoms with van der Waals surface area (Å²) < 4.78 is 0. The van der Waals surface area contributed by atoms with Crippen molar-refractivity contribution in [2.24, 2.45) is 5.29 Å². The van der Waals surface area contributed by atoms with Crippen molar-refractivity contribution in [3.8, 4) is 0 Å². The Morgan fingerprint density at radius 1 is 1.04 bits per heavy atom. The number of piperidine rings is 1. The molecule has 4 nitrogen and oxygen atoms in total. The van der Waals surface area contributed by atoms with Gasteiger partial charge in [-0.05, 0) is 41.8 Å². The molecule has 0 saturated carbocycles. The first-order valence-electron chi connectivity index (χ1n) is 7.77. The third-order valence-corrected chi connectivity index (χ3v) is 5.67. The van der Waals surface area contributed by atoms with Crippen LogP contribution in [0.25, 0.3) is 5.57 Å². The molecule has 5 heteroatoms. The maximum atomic E-state index is 12.8. The van der Waals surface area contributed by atoms with Gasteiger partial charge in [-0.3, -0.25) is 9.80 Å². The van der Waals surface area contributed by atoms with Crippen LogP contribution < -0.4 is 0 Å². The molecule has 0 radical (unpaired) electrons. The van der Waals surface area contributed by atoms with Crippen molar-refractivity contribution in [1.82, 2.24) is 5.01 Å². The van der Waals surface area contributed by atoms with Crippen molar-refractivity contribution in [2.45, 2.75) is 19.3 Å². The SMILES string of the molecule is O=NN1CCC(=C2Cc3ccccc3C(=O)c3ccsc32)CC1. The summed E-state index contributed by atoms with van der Waals surface area (Å²) in [7, 11) is 0. The molecule has 4 rings (SSSR count). The van der Waals surface area contributed by atoms with E-state index >= 15 is 0 Å². The van der Waals surface area contributed by atoms with Crippen molar-refractivity contribution in [2.75, 3.05) is 13.1 Å². The quantitative estimate of drug-likeness (QED) is 0.743. The summed E-state index contributed by atoms with van der Waals surface area (Å²) in [5.41, 5.74) is 5.37. The van der Waals surface area contributed by atoms with E-state index in [1.165, 1.54) is 11.1 Å². The number of allylic oxidation sites excluding steroid dienone is 1. The summed E-state index contributed by atoms with van der Waals surface area (Å²) >= 11 is 1.64. The highest BCUT2D eigenvalue weighted by Gasteiger charge is 2.27. The number of ketones is 1. The first kappa shape index (κ1) is 14.3. The predicted octanol–water partition coefficient (Wildman–Crippen LogP) is 4.07. The molecule has 1 saturated heterocycles. The van der Waals surface area contributed by atoms with E-state index in [-0.39, 0.29) is 5.78 Å². The number of hydrogen-bond donors (Lipinski definition) is 0. The van der Waals surface area contributed by atoms with E-state index in [9.17, 15) is 9.70 Å². The van der Waals surface area contributed by atoms with Crippen LogP contribution in [0.5, 0.6) is 0 Å². The number of rotatable bonds is 1. The Labute approximate surface area is 138 Å². The fourth-order valence-corrected chi connectivity index (χ4v) is 4.45. The Bertz CT molecular complexity index is 812. The fourth-order valence-electron chi connectivity index (χ4n) is 3.47. The first-order chi connectivity index (χ1) is 11.3. The van der Waals surface area contributed by atoms with E-state index in [1.54, 1.807) is 16.3 Å². The summed E-state index contributed by atoms with van der Waals surface area (Å²) in [6, 6.07) is 9.83. The second-order valence-electron chi connectivity index (χ2n) is 5.94. The zero-order valence-corrected chi connectivity index (χ0v) is 13.4. The molecule has 1 aromatic heterocycles. The highest BCUT2D eigenvalue weighted by molar-refractivity contribution is 7.11. The number of carbonyl (C=O) groups excluding carboxylic acids is 1. The molecule has 0 amide bonds. The molecule has 1 aromatic carbocycles. The van der Waals surface area contributed by atoms with E-state index in [0.29, 0.717) is 13.1 Å². The zero-order chi connectivity index (χ0) is 15.8. The summed E-state index contributed by atoms with van der Waals surface area (Å²) in [6.07, 6.45) is 2.48. The van der Waals surface area contributed by atoms with E-state index in [1.807, 2.05) is 35.7 Å². The molecular formula is C18H16N2O2S. The number of fused-ring (bicyclic) bond motifs is 2. The van der Waals surface area contributed by atoms with Gasteiger partial charge >= 0.3 is 0 Å². The van der Waals surface area contributed by atoms with Gasteiger partial charge in [0.15, 0.2) is 5.78 Å². The molecule has 1 aliphatic heterocycles. The normalized spacial score (nSPS) is 17.6. The van der Waals surface area contributed by atoms with Gasteiger partial charge in [-0.1, -0.05) is 29.8 Å². The lowest BCUT2D eigenvalue weighted by Gasteiger charge is -2.25. The van der Waals surface area contributed by atoms with Crippen molar-refractivity contribution < 1.29 is 4.79 Å². The number of hydrogen-bond acceptors (Lipinski definition) is 4. The predicted molar refractivity (Wildman–Crippen MR) is 91.4 cm³/mol. The third kappa shape index (κ3) is 2.41. The second kappa shape index (κ2) is 5.74. The van der Waals surface area contributed by atoms with E-state index in [4.69, 9.17) is 0 Å². The molecule has 116 valence electrons. The summed E-state index contributed by atoms with van der Waals surface area (Å²) in [4.78, 5) is 24.6. The van der Waals surface area contributed by atoms with Gasteiger partial charge in [0.25, 0.3) is 0 Å². The molecule has 1 fully saturated rings. The molecule has 2 aromatic rings. The highest BCUT2D eigenvalue weighted by atomic mass is 32.1. The minimum Gasteiger partial charge on any atom is -0.289 e. The van der Waals surface area contributed by atoms with Crippen LogP contribution in [-0.4, -0.2) is 23.9 Å². The van der Waals surface area contributed by atoms with Gasteiger partial charge in [-0.15, -0.1) is 16.2 Å². The molecule has 2 heterocycles. The summed E-state index contributed by atoms with van der Waals surface area (Å²) in [6.45, 7) is 1.33. The average molecular weight is 324 g/mol. The van der Waals surface area contributed by atoms with Gasteiger partial charge in [0, 0.05) is 29.1 Å². The van der Waals surface area contributed by atoms with Crippen molar-refractivity contribution >= 4 is 22.7 Å². The molecule has 0 N–H and O–H groups in total. The molecule has 0 atom stereocenters. The van der Waals surface area contributed by atoms with Crippen LogP contribution in [0.3, 0.4) is 0 Å². The molecule has 0 unspecified atom stereocenters. The van der Waals surface area contributed by atoms with Crippen LogP contribution in [0, 0.1) is 4.91 Å². The number of carbonyl (C=O) groups is 1. The Balaban J connectivity index is 1.84. The zero-order valence-electron chi connectivity index (χ0n) is 12.6. The van der Waals surface area contributed by atoms with Crippen LogP contribution in [0.1, 0.15) is 39.2 Å². The molecule has 23 heavy (non-hydrogen) atoms. The second-order valence-corrected chi connectivity index (χ2v) is 6.86. The van der Waals surface area contributed by atoms with Gasteiger partial charge in [0.05, 0.1) is 5.29 Å². The first-order valence-corrected chi connectivity index (χ1v) is 8.65. The lowest BCUT2D eigenvalue weighted by molar-refractivity contribution is 0.103. The number of nitroso groups, excluding NO2 is 1. The monoisotopic (exact) mass is 324 g/mol. The minimum atomic E-state index is 0.124. The Morgan fingerprint density at radius 2 is 1.83 bits per heavy atom. The average Bonchev–Trinajstić information content (AvgIpc) is 3.05. The Morgan fingerprint density at radius 3 is 2.61 bits per heavy atom. The standard InChI is InChI=1S/C18H16N2O2S/c21-17-14-4-2-1-3-13(14)11-16(18-15(17)7-10-23-18)12-5-8-20(19-22)9-6-12/h1-4,7,10H,5-6,8-9,11H2. The highest BCUT2D eigenvalue weighted by Crippen LogP contribution is 2.38. The lowest BCUT2D eigenvalue weighted by Crippen LogP contribution is -2.25. The van der Waals surface area contributed by atoms with E-state index in [2.05, 4.69) is 5.29 Å². The van der Waals surface area contributed by atoms with Crippen LogP contribution in [0.15, 0.2) is 46.6 Å². The Hall–Kier alpha value is -2.27. The maximum absolute atomic E-state index is 12.8. The van der Waals surface area contributed by atoms with Crippen LogP contribution >= 0.6 is 11.3 Å². The van der Waals surface area contributed by atoms with Crippen molar-refractivity contribution in [3.63, 3.8) is 0 Å². The minimum absolute atomic E-state index is 0.124. The molecule has 1 aliphatic carbocycles. The molecule has 0 spiro atoms. The summed E-state index contributed by atoms with van der Waals surface area (Å²) in [5, 5.41) is 6.61. The van der Waals surface area contributed by atoms with Crippen molar-refractivity contribution in [3.05, 3.63) is 67.8 Å². The topological polar surface area (TPSA) is 49.7 Å². The van der Waals surface area contributed by atoms with Crippen LogP contribution in [0.2, 0.25) is 0 Å². The van der Waals surface area contributed by atoms with E-state index < -0.39 is 0 Å². The lowest BCUT2D eigenvalue weighted by atomic mass is 9.93. The molecule has 2 aliphatic rings. The van der Waals surface area contributed by atoms with Crippen LogP contribution in [-0.2, 0) is 6.42 Å². The van der Waals surface area contributed by atoms with Gasteiger partial charge in [-0.25, -0.2) is 0 Å². The van der Waals surface area contributed by atoms with Crippen molar-refractivity contribution in [1.29, 1.82) is 0 Å². The maximum Gasteiger partial charge on any atom is 0.194 e. The fraction of sp³-hybridized carbons (Fsp3) is 0.278. The molecular weight excluding hydrogens is 308 g/mol. The largest absolute Gasteiger partial charge is 0.289 e. The van der Waals surface area contributed by atoms with Gasteiger partial charge < -0.3 is 0 Å². The smallest absolute Gasteiger partial charge is 0.194 e. The van der Waals surface area contributed by atoms with Crippen LogP contribution in [0.4, 0.5) is 0 Å². The molecule has 0 bridgehead atoms. The number of thiophene rings is 1. The van der Waals surface area contributed by atoms with Gasteiger partial charge in [-0.2, -0.15) is 0 Å². The van der Waals surface area contributed by atoms with Gasteiger partial charge in [0.1, 0.15) is 0 Å². The number of nitrogens with zero attached hydrogens (tertiary/aromatic N) is 2. The number of benzene rings is 1. The summed E-state index contributed by atoms with van der Waals surface area (Å²) in [5.74, 6) is 0.124.